The van der Waals surface area contributed by atoms with E-state index in [2.05, 4.69) is 5.32 Å². The molecule has 0 aromatic heterocycles. The van der Waals surface area contributed by atoms with Crippen molar-refractivity contribution in [1.82, 2.24) is 4.90 Å². The van der Waals surface area contributed by atoms with Gasteiger partial charge in [0.1, 0.15) is 11.8 Å². The van der Waals surface area contributed by atoms with Crippen molar-refractivity contribution in [2.75, 3.05) is 18.4 Å². The summed E-state index contributed by atoms with van der Waals surface area (Å²) in [6, 6.07) is 17.3. The van der Waals surface area contributed by atoms with E-state index in [9.17, 15) is 14.4 Å². The number of hydrogen-bond acceptors (Lipinski definition) is 3. The van der Waals surface area contributed by atoms with E-state index in [1.165, 1.54) is 4.90 Å². The lowest BCUT2D eigenvalue weighted by Gasteiger charge is -2.25. The monoisotopic (exact) mass is 362 g/mol. The Bertz CT molecular complexity index is 958. The van der Waals surface area contributed by atoms with E-state index >= 15 is 0 Å². The maximum Gasteiger partial charge on any atom is 0.291 e. The number of amides is 3. The van der Waals surface area contributed by atoms with Crippen molar-refractivity contribution in [2.45, 2.75) is 12.0 Å². The molecule has 2 aromatic carbocycles. The van der Waals surface area contributed by atoms with Gasteiger partial charge in [-0.1, -0.05) is 48.5 Å². The molecule has 0 saturated carbocycles. The molecule has 0 radical (unpaired) electrons. The molecular weight excluding hydrogens is 342 g/mol. The van der Waals surface area contributed by atoms with Gasteiger partial charge in [0.05, 0.1) is 12.2 Å². The van der Waals surface area contributed by atoms with E-state index in [0.717, 1.165) is 16.8 Å². The van der Waals surface area contributed by atoms with Crippen molar-refractivity contribution in [2.24, 2.45) is 11.8 Å². The molecule has 3 aliphatic rings. The Balaban J connectivity index is 1.47. The van der Waals surface area contributed by atoms with E-state index in [4.69, 9.17) is 0 Å². The number of benzene rings is 2. The van der Waals surface area contributed by atoms with Crippen molar-refractivity contribution in [1.29, 1.82) is 0 Å². The largest absolute Gasteiger partial charge is 0.328 e. The molecule has 6 nitrogen and oxygen atoms in total. The number of carbonyl (C=O) groups excluding carboxylic acids is 3. The molecule has 6 heteroatoms. The minimum Gasteiger partial charge on any atom is -0.328 e. The number of fused-ring (bicyclic) bond motifs is 4. The first-order valence-corrected chi connectivity index (χ1v) is 9.27. The van der Waals surface area contributed by atoms with Crippen LogP contribution in [0.4, 0.5) is 5.69 Å². The van der Waals surface area contributed by atoms with Gasteiger partial charge in [0.15, 0.2) is 0 Å². The Morgan fingerprint density at radius 2 is 1.74 bits per heavy atom. The van der Waals surface area contributed by atoms with Gasteiger partial charge in [-0.15, -0.1) is 0 Å². The standard InChI is InChI=1S/C21H19N3O3/c25-18-14-12-22-21(15-8-4-5-9-16(15)23-20(21)27)17(14)19(26)24(18)11-10-13-6-2-1-3-7-13/h1-9,14,17,22H,10-12H2,(H,23,27)/p+1/t14-,17+,21-/m1/s1. The fraction of sp³-hybridized carbons (Fsp3) is 0.286. The van der Waals surface area contributed by atoms with Crippen LogP contribution in [0.1, 0.15) is 11.1 Å². The number of nitrogens with two attached hydrogens (primary N) is 1. The molecule has 3 atom stereocenters. The maximum absolute atomic E-state index is 13.2. The molecule has 2 saturated heterocycles. The first-order valence-electron chi connectivity index (χ1n) is 9.27. The number of hydrogen-bond donors (Lipinski definition) is 2. The summed E-state index contributed by atoms with van der Waals surface area (Å²) in [7, 11) is 0. The smallest absolute Gasteiger partial charge is 0.291 e. The molecule has 0 unspecified atom stereocenters. The van der Waals surface area contributed by atoms with Gasteiger partial charge < -0.3 is 10.6 Å². The van der Waals surface area contributed by atoms with Crippen LogP contribution in [-0.4, -0.2) is 35.7 Å². The predicted octanol–water partition coefficient (Wildman–Crippen LogP) is 0.255. The van der Waals surface area contributed by atoms with Crippen LogP contribution in [0.15, 0.2) is 54.6 Å². The number of nitrogens with one attached hydrogen (secondary N) is 1. The summed E-state index contributed by atoms with van der Waals surface area (Å²) in [6.07, 6.45) is 0.622. The third-order valence-corrected chi connectivity index (χ3v) is 6.17. The summed E-state index contributed by atoms with van der Waals surface area (Å²) < 4.78 is 0. The topological polar surface area (TPSA) is 83.1 Å². The highest BCUT2D eigenvalue weighted by atomic mass is 16.2. The Labute approximate surface area is 156 Å². The van der Waals surface area contributed by atoms with Crippen molar-refractivity contribution < 1.29 is 19.7 Å². The molecule has 136 valence electrons. The second kappa shape index (κ2) is 5.76. The van der Waals surface area contributed by atoms with E-state index in [-0.39, 0.29) is 17.7 Å². The molecule has 3 amide bonds. The van der Waals surface area contributed by atoms with Gasteiger partial charge in [0.25, 0.3) is 5.91 Å². The lowest BCUT2D eigenvalue weighted by atomic mass is 9.77. The summed E-state index contributed by atoms with van der Waals surface area (Å²) >= 11 is 0. The first kappa shape index (κ1) is 16.2. The highest BCUT2D eigenvalue weighted by Crippen LogP contribution is 2.47. The Morgan fingerprint density at radius 3 is 2.56 bits per heavy atom. The van der Waals surface area contributed by atoms with Crippen molar-refractivity contribution in [3.8, 4) is 0 Å². The first-order chi connectivity index (χ1) is 13.1. The highest BCUT2D eigenvalue weighted by Gasteiger charge is 2.71. The average molecular weight is 362 g/mol. The summed E-state index contributed by atoms with van der Waals surface area (Å²) in [6.45, 7) is 0.812. The number of rotatable bonds is 3. The van der Waals surface area contributed by atoms with Gasteiger partial charge in [-0.3, -0.25) is 19.3 Å². The van der Waals surface area contributed by atoms with Crippen LogP contribution >= 0.6 is 0 Å². The van der Waals surface area contributed by atoms with Gasteiger partial charge in [0, 0.05) is 12.1 Å². The normalized spacial score (nSPS) is 28.6. The zero-order valence-electron chi connectivity index (χ0n) is 14.7. The van der Waals surface area contributed by atoms with Gasteiger partial charge in [-0.2, -0.15) is 0 Å². The molecule has 1 spiro atoms. The summed E-state index contributed by atoms with van der Waals surface area (Å²) in [4.78, 5) is 40.4. The minimum absolute atomic E-state index is 0.147. The van der Waals surface area contributed by atoms with Crippen LogP contribution < -0.4 is 10.6 Å². The number of nitrogens with zero attached hydrogens (tertiary/aromatic N) is 1. The van der Waals surface area contributed by atoms with E-state index < -0.39 is 17.4 Å². The SMILES string of the molecule is O=C1[C@@H]2[C@@H](C[NH2+][C@@]23C(=O)Nc2ccccc23)C(=O)N1CCc1ccccc1. The second-order valence-corrected chi connectivity index (χ2v) is 7.46. The number of carbonyl (C=O) groups is 3. The third-order valence-electron chi connectivity index (χ3n) is 6.17. The molecule has 5 rings (SSSR count). The van der Waals surface area contributed by atoms with Crippen LogP contribution in [0.25, 0.3) is 0 Å². The van der Waals surface area contributed by atoms with E-state index in [1.54, 1.807) is 0 Å². The molecule has 3 aliphatic heterocycles. The van der Waals surface area contributed by atoms with Gasteiger partial charge in [0.2, 0.25) is 17.4 Å². The Kier molecular flexibility index (Phi) is 3.45. The lowest BCUT2D eigenvalue weighted by molar-refractivity contribution is -0.704. The Hall–Kier alpha value is -2.99. The molecule has 2 fully saturated rings. The van der Waals surface area contributed by atoms with Crippen LogP contribution in [0.3, 0.4) is 0 Å². The van der Waals surface area contributed by atoms with Crippen LogP contribution in [0.2, 0.25) is 0 Å². The highest BCUT2D eigenvalue weighted by molar-refractivity contribution is 6.13. The zero-order valence-corrected chi connectivity index (χ0v) is 14.7. The number of quaternary nitrogens is 1. The zero-order chi connectivity index (χ0) is 18.6. The van der Waals surface area contributed by atoms with Crippen molar-refractivity contribution in [3.05, 3.63) is 65.7 Å². The minimum atomic E-state index is -1.02. The number of imide groups is 1. The van der Waals surface area contributed by atoms with E-state index in [0.29, 0.717) is 19.5 Å². The number of anilines is 1. The maximum atomic E-state index is 13.2. The quantitative estimate of drug-likeness (QED) is 0.768. The van der Waals surface area contributed by atoms with Gasteiger partial charge in [-0.05, 0) is 18.1 Å². The second-order valence-electron chi connectivity index (χ2n) is 7.46. The van der Waals surface area contributed by atoms with Crippen molar-refractivity contribution >= 4 is 23.4 Å². The molecule has 0 aliphatic carbocycles. The third kappa shape index (κ3) is 2.13. The predicted molar refractivity (Wildman–Crippen MR) is 97.4 cm³/mol. The van der Waals surface area contributed by atoms with Crippen LogP contribution in [-0.2, 0) is 26.3 Å². The summed E-state index contributed by atoms with van der Waals surface area (Å²) in [5.74, 6) is -1.63. The molecule has 27 heavy (non-hydrogen) atoms. The lowest BCUT2D eigenvalue weighted by Crippen LogP contribution is -2.95. The molecule has 2 aromatic rings. The van der Waals surface area contributed by atoms with E-state index in [1.807, 2.05) is 59.9 Å². The van der Waals surface area contributed by atoms with Crippen molar-refractivity contribution in [3.63, 3.8) is 0 Å². The fourth-order valence-corrected chi connectivity index (χ4v) is 4.90. The summed E-state index contributed by atoms with van der Waals surface area (Å²) in [5, 5.41) is 4.78. The van der Waals surface area contributed by atoms with Gasteiger partial charge in [-0.25, -0.2) is 0 Å². The molecule has 3 heterocycles. The fourth-order valence-electron chi connectivity index (χ4n) is 4.90. The average Bonchev–Trinajstić information content (AvgIpc) is 3.29. The number of para-hydroxylation sites is 1. The van der Waals surface area contributed by atoms with Crippen LogP contribution in [0, 0.1) is 11.8 Å². The molecule has 3 N–H and O–H groups in total. The van der Waals surface area contributed by atoms with Gasteiger partial charge >= 0.3 is 0 Å². The number of likely N-dealkylation sites (tertiary alicyclic amines) is 1. The molecule has 0 bridgehead atoms. The summed E-state index contributed by atoms with van der Waals surface area (Å²) in [5.41, 5.74) is 1.62. The van der Waals surface area contributed by atoms with Crippen LogP contribution in [0.5, 0.6) is 0 Å². The Morgan fingerprint density at radius 1 is 1.00 bits per heavy atom. The molecular formula is C21H20N3O3+.